The van der Waals surface area contributed by atoms with Crippen LogP contribution in [0.1, 0.15) is 78.3 Å². The Morgan fingerprint density at radius 2 is 0.760 bits per heavy atom. The number of benzene rings is 2. The maximum Gasteiger partial charge on any atom is -0.0276 e. The van der Waals surface area contributed by atoms with Gasteiger partial charge in [0.1, 0.15) is 0 Å². The van der Waals surface area contributed by atoms with E-state index >= 15 is 0 Å². The Labute approximate surface area is 153 Å². The van der Waals surface area contributed by atoms with Crippen LogP contribution in [0, 0.1) is 0 Å². The fourth-order valence-electron chi connectivity index (χ4n) is 4.72. The second-order valence-corrected chi connectivity index (χ2v) is 8.18. The summed E-state index contributed by atoms with van der Waals surface area (Å²) >= 11 is 0. The fraction of sp³-hybridized carbons (Fsp3) is 0.520. The highest BCUT2D eigenvalue weighted by Crippen LogP contribution is 2.24. The number of fused-ring (bicyclic) bond motifs is 5. The van der Waals surface area contributed by atoms with Gasteiger partial charge in [-0.2, -0.15) is 0 Å². The van der Waals surface area contributed by atoms with Crippen molar-refractivity contribution >= 4 is 0 Å². The Kier molecular flexibility index (Phi) is 5.55. The molecule has 0 N–H and O–H groups in total. The van der Waals surface area contributed by atoms with Crippen LogP contribution in [-0.4, -0.2) is 0 Å². The molecular weight excluding hydrogens is 300 g/mol. The van der Waals surface area contributed by atoms with E-state index in [0.29, 0.717) is 0 Å². The molecule has 2 aromatic carbocycles. The predicted octanol–water partition coefficient (Wildman–Crippen LogP) is 6.40. The lowest BCUT2D eigenvalue weighted by Crippen LogP contribution is -2.02. The Bertz CT molecular complexity index is 648. The summed E-state index contributed by atoms with van der Waals surface area (Å²) in [7, 11) is 0. The summed E-state index contributed by atoms with van der Waals surface area (Å²) in [5, 5.41) is 0. The van der Waals surface area contributed by atoms with Gasteiger partial charge in [0.15, 0.2) is 0 Å². The molecule has 4 bridgehead atoms. The molecule has 0 amide bonds. The molecule has 0 spiro atoms. The summed E-state index contributed by atoms with van der Waals surface area (Å²) < 4.78 is 0. The maximum atomic E-state index is 2.55. The van der Waals surface area contributed by atoms with Crippen LogP contribution < -0.4 is 0 Å². The first kappa shape index (κ1) is 16.9. The molecule has 0 aromatic heterocycles. The van der Waals surface area contributed by atoms with Gasteiger partial charge in [-0.1, -0.05) is 42.8 Å². The zero-order valence-electron chi connectivity index (χ0n) is 15.7. The first-order valence-electron chi connectivity index (χ1n) is 10.6. The third-order valence-electron chi connectivity index (χ3n) is 6.26. The predicted molar refractivity (Wildman–Crippen MR) is 107 cm³/mol. The Balaban J connectivity index is 1.67. The summed E-state index contributed by atoms with van der Waals surface area (Å²) in [6.07, 6.45) is 17.0. The summed E-state index contributed by atoms with van der Waals surface area (Å²) in [5.74, 6) is 0. The molecule has 0 saturated heterocycles. The monoisotopic (exact) mass is 332 g/mol. The van der Waals surface area contributed by atoms with E-state index in [2.05, 4.69) is 36.4 Å². The number of hydrogen-bond donors (Lipinski definition) is 0. The van der Waals surface area contributed by atoms with Crippen LogP contribution >= 0.6 is 0 Å². The van der Waals surface area contributed by atoms with Gasteiger partial charge in [0, 0.05) is 0 Å². The molecule has 0 radical (unpaired) electrons. The van der Waals surface area contributed by atoms with Crippen molar-refractivity contribution < 1.29 is 0 Å². The molecule has 2 aromatic rings. The van der Waals surface area contributed by atoms with Crippen LogP contribution in [0.2, 0.25) is 0 Å². The van der Waals surface area contributed by atoms with Crippen LogP contribution in [0.25, 0.3) is 0 Å². The van der Waals surface area contributed by atoms with E-state index in [-0.39, 0.29) is 0 Å². The average Bonchev–Trinajstić information content (AvgIpc) is 2.63. The van der Waals surface area contributed by atoms with Crippen molar-refractivity contribution in [3.05, 3.63) is 69.8 Å². The van der Waals surface area contributed by atoms with Crippen molar-refractivity contribution in [3.63, 3.8) is 0 Å². The van der Waals surface area contributed by atoms with Gasteiger partial charge in [0.25, 0.3) is 0 Å². The largest absolute Gasteiger partial charge is 0.0588 e. The van der Waals surface area contributed by atoms with E-state index in [4.69, 9.17) is 0 Å². The molecule has 0 aliphatic heterocycles. The average molecular weight is 333 g/mol. The van der Waals surface area contributed by atoms with Crippen molar-refractivity contribution in [1.29, 1.82) is 0 Å². The van der Waals surface area contributed by atoms with Gasteiger partial charge in [-0.05, 0) is 110 Å². The first-order valence-corrected chi connectivity index (χ1v) is 10.6. The van der Waals surface area contributed by atoms with Crippen molar-refractivity contribution in [1.82, 2.24) is 0 Å². The highest BCUT2D eigenvalue weighted by Gasteiger charge is 2.10. The smallest absolute Gasteiger partial charge is 0.0276 e. The lowest BCUT2D eigenvalue weighted by molar-refractivity contribution is 0.677. The molecule has 0 heteroatoms. The molecule has 0 atom stereocenters. The van der Waals surface area contributed by atoms with Gasteiger partial charge in [0.05, 0.1) is 0 Å². The first-order chi connectivity index (χ1) is 12.4. The maximum absolute atomic E-state index is 2.55. The highest BCUT2D eigenvalue weighted by molar-refractivity contribution is 5.34. The summed E-state index contributed by atoms with van der Waals surface area (Å²) in [6.45, 7) is 0. The second-order valence-electron chi connectivity index (χ2n) is 8.18. The lowest BCUT2D eigenvalue weighted by Gasteiger charge is -2.15. The van der Waals surface area contributed by atoms with Crippen molar-refractivity contribution in [2.75, 3.05) is 0 Å². The van der Waals surface area contributed by atoms with Gasteiger partial charge in [-0.15, -0.1) is 0 Å². The molecule has 0 unspecified atom stereocenters. The van der Waals surface area contributed by atoms with Crippen molar-refractivity contribution in [3.8, 4) is 0 Å². The van der Waals surface area contributed by atoms with Crippen LogP contribution in [0.5, 0.6) is 0 Å². The van der Waals surface area contributed by atoms with E-state index in [0.717, 1.165) is 0 Å². The summed E-state index contributed by atoms with van der Waals surface area (Å²) in [4.78, 5) is 0. The van der Waals surface area contributed by atoms with Crippen LogP contribution in [0.4, 0.5) is 0 Å². The SMILES string of the molecule is c1cc2c3cc1CCCCCc1ccc(c(c1)CCCC3)CCCC2. The van der Waals surface area contributed by atoms with Crippen LogP contribution in [0.3, 0.4) is 0 Å². The molecule has 25 heavy (non-hydrogen) atoms. The summed E-state index contributed by atoms with van der Waals surface area (Å²) in [5.41, 5.74) is 9.71. The minimum Gasteiger partial charge on any atom is -0.0588 e. The molecule has 132 valence electrons. The normalized spacial score (nSPS) is 18.7. The molecular formula is C25H32. The molecule has 2 aliphatic carbocycles. The zero-order chi connectivity index (χ0) is 16.9. The summed E-state index contributed by atoms with van der Waals surface area (Å²) in [6, 6.07) is 14.8. The van der Waals surface area contributed by atoms with Gasteiger partial charge < -0.3 is 0 Å². The van der Waals surface area contributed by atoms with E-state index in [1.54, 1.807) is 33.4 Å². The third-order valence-corrected chi connectivity index (χ3v) is 6.26. The topological polar surface area (TPSA) is 0 Å². The minimum atomic E-state index is 1.26. The van der Waals surface area contributed by atoms with E-state index in [1.807, 2.05) is 0 Å². The van der Waals surface area contributed by atoms with Gasteiger partial charge in [-0.3, -0.25) is 0 Å². The highest BCUT2D eigenvalue weighted by atomic mass is 14.2. The third kappa shape index (κ3) is 4.35. The quantitative estimate of drug-likeness (QED) is 0.523. The van der Waals surface area contributed by atoms with Crippen molar-refractivity contribution in [2.24, 2.45) is 0 Å². The second kappa shape index (κ2) is 8.21. The van der Waals surface area contributed by atoms with Crippen LogP contribution in [-0.2, 0) is 38.5 Å². The Hall–Kier alpha value is -1.56. The number of hydrogen-bond acceptors (Lipinski definition) is 0. The van der Waals surface area contributed by atoms with E-state index in [1.165, 1.54) is 83.5 Å². The van der Waals surface area contributed by atoms with E-state index in [9.17, 15) is 0 Å². The molecule has 0 nitrogen and oxygen atoms in total. The van der Waals surface area contributed by atoms with Gasteiger partial charge in [0.2, 0.25) is 0 Å². The molecule has 4 rings (SSSR count). The number of aryl methyl sites for hydroxylation is 6. The fourth-order valence-corrected chi connectivity index (χ4v) is 4.72. The van der Waals surface area contributed by atoms with Crippen molar-refractivity contribution in [2.45, 2.75) is 83.5 Å². The molecule has 0 heterocycles. The molecule has 2 aliphatic rings. The standard InChI is InChI=1S/C25H32/c1-2-8-20-14-16-22-10-4-5-11-23-17-15-21(9-3-1)19-25(23)13-7-6-12-24(22)18-20/h14-19H,1-13H2. The van der Waals surface area contributed by atoms with Gasteiger partial charge >= 0.3 is 0 Å². The number of rotatable bonds is 0. The van der Waals surface area contributed by atoms with E-state index < -0.39 is 0 Å². The van der Waals surface area contributed by atoms with Crippen LogP contribution in [0.15, 0.2) is 36.4 Å². The minimum absolute atomic E-state index is 1.26. The Morgan fingerprint density at radius 1 is 0.360 bits per heavy atom. The molecule has 0 fully saturated rings. The zero-order valence-corrected chi connectivity index (χ0v) is 15.7. The van der Waals surface area contributed by atoms with Gasteiger partial charge in [-0.25, -0.2) is 0 Å². The Morgan fingerprint density at radius 3 is 1.24 bits per heavy atom. The lowest BCUT2D eigenvalue weighted by atomic mass is 9.90. The molecule has 0 saturated carbocycles.